The highest BCUT2D eigenvalue weighted by Gasteiger charge is 2.05. The van der Waals surface area contributed by atoms with Gasteiger partial charge in [0, 0.05) is 9.77 Å². The Hall–Kier alpha value is -0.690. The summed E-state index contributed by atoms with van der Waals surface area (Å²) in [5.74, 6) is 0.482. The molecule has 0 amide bonds. The summed E-state index contributed by atoms with van der Waals surface area (Å²) in [6, 6.07) is 6.58. The first-order valence-corrected chi connectivity index (χ1v) is 6.77. The van der Waals surface area contributed by atoms with E-state index in [1.54, 1.807) is 12.3 Å². The van der Waals surface area contributed by atoms with E-state index < -0.39 is 0 Å². The summed E-state index contributed by atoms with van der Waals surface area (Å²) in [6.45, 7) is 1.98. The SMILES string of the molecule is Cc1cnc(Nc2ccc(F)cc2I)c(Br)c1. The molecule has 1 aromatic heterocycles. The molecular weight excluding hydrogens is 398 g/mol. The molecule has 5 heteroatoms. The summed E-state index contributed by atoms with van der Waals surface area (Å²) in [4.78, 5) is 4.28. The van der Waals surface area contributed by atoms with Gasteiger partial charge < -0.3 is 5.32 Å². The summed E-state index contributed by atoms with van der Waals surface area (Å²) in [7, 11) is 0. The van der Waals surface area contributed by atoms with Crippen LogP contribution in [-0.2, 0) is 0 Å². The van der Waals surface area contributed by atoms with Gasteiger partial charge in [-0.05, 0) is 75.3 Å². The number of anilines is 2. The zero-order chi connectivity index (χ0) is 12.4. The van der Waals surface area contributed by atoms with Crippen LogP contribution in [-0.4, -0.2) is 4.98 Å². The normalized spacial score (nSPS) is 10.4. The van der Waals surface area contributed by atoms with Crippen LogP contribution >= 0.6 is 38.5 Å². The minimum Gasteiger partial charge on any atom is -0.338 e. The first-order chi connectivity index (χ1) is 8.06. The minimum absolute atomic E-state index is 0.240. The molecule has 1 heterocycles. The van der Waals surface area contributed by atoms with Crippen molar-refractivity contribution in [2.75, 3.05) is 5.32 Å². The third-order valence-electron chi connectivity index (χ3n) is 2.16. The number of aromatic nitrogens is 1. The van der Waals surface area contributed by atoms with Crippen LogP contribution < -0.4 is 5.32 Å². The number of hydrogen-bond acceptors (Lipinski definition) is 2. The zero-order valence-corrected chi connectivity index (χ0v) is 12.7. The van der Waals surface area contributed by atoms with E-state index >= 15 is 0 Å². The van der Waals surface area contributed by atoms with Crippen LogP contribution in [0.5, 0.6) is 0 Å². The monoisotopic (exact) mass is 406 g/mol. The van der Waals surface area contributed by atoms with Crippen LogP contribution in [0.4, 0.5) is 15.9 Å². The summed E-state index contributed by atoms with van der Waals surface area (Å²) in [5.41, 5.74) is 1.92. The topological polar surface area (TPSA) is 24.9 Å². The van der Waals surface area contributed by atoms with Crippen molar-refractivity contribution in [3.05, 3.63) is 49.9 Å². The summed E-state index contributed by atoms with van der Waals surface area (Å²) < 4.78 is 14.7. The lowest BCUT2D eigenvalue weighted by atomic mass is 10.3. The fourth-order valence-corrected chi connectivity index (χ4v) is 2.52. The van der Waals surface area contributed by atoms with E-state index in [0.717, 1.165) is 25.1 Å². The summed E-state index contributed by atoms with van der Waals surface area (Å²) in [6.07, 6.45) is 1.78. The number of hydrogen-bond donors (Lipinski definition) is 1. The van der Waals surface area contributed by atoms with E-state index in [2.05, 4.69) is 48.8 Å². The van der Waals surface area contributed by atoms with Gasteiger partial charge in [-0.3, -0.25) is 0 Å². The standard InChI is InChI=1S/C12H9BrFIN2/c1-7-4-9(13)12(16-6-7)17-11-3-2-8(14)5-10(11)15/h2-6H,1H3,(H,16,17). The molecular formula is C12H9BrFIN2. The number of rotatable bonds is 2. The molecule has 88 valence electrons. The molecule has 0 saturated carbocycles. The molecule has 0 saturated heterocycles. The second kappa shape index (κ2) is 5.30. The second-order valence-electron chi connectivity index (χ2n) is 3.59. The van der Waals surface area contributed by atoms with Crippen molar-refractivity contribution >= 4 is 50.0 Å². The van der Waals surface area contributed by atoms with Gasteiger partial charge in [0.05, 0.1) is 10.2 Å². The Kier molecular flexibility index (Phi) is 3.98. The van der Waals surface area contributed by atoms with Gasteiger partial charge in [-0.1, -0.05) is 0 Å². The van der Waals surface area contributed by atoms with Crippen molar-refractivity contribution in [1.29, 1.82) is 0 Å². The van der Waals surface area contributed by atoms with Crippen molar-refractivity contribution < 1.29 is 4.39 Å². The maximum absolute atomic E-state index is 13.0. The van der Waals surface area contributed by atoms with Crippen molar-refractivity contribution in [1.82, 2.24) is 4.98 Å². The average molecular weight is 407 g/mol. The van der Waals surface area contributed by atoms with E-state index in [-0.39, 0.29) is 5.82 Å². The van der Waals surface area contributed by atoms with Gasteiger partial charge in [-0.15, -0.1) is 0 Å². The lowest BCUT2D eigenvalue weighted by Crippen LogP contribution is -1.97. The van der Waals surface area contributed by atoms with Crippen LogP contribution in [0.25, 0.3) is 0 Å². The van der Waals surface area contributed by atoms with Gasteiger partial charge in [0.2, 0.25) is 0 Å². The first kappa shape index (κ1) is 12.8. The molecule has 0 radical (unpaired) electrons. The molecule has 0 unspecified atom stereocenters. The average Bonchev–Trinajstić information content (AvgIpc) is 2.25. The molecule has 0 fully saturated rings. The Labute approximate surface area is 121 Å². The van der Waals surface area contributed by atoms with Gasteiger partial charge in [-0.25, -0.2) is 9.37 Å². The molecule has 1 aromatic carbocycles. The fourth-order valence-electron chi connectivity index (χ4n) is 1.34. The van der Waals surface area contributed by atoms with Gasteiger partial charge in [-0.2, -0.15) is 0 Å². The van der Waals surface area contributed by atoms with Gasteiger partial charge >= 0.3 is 0 Å². The lowest BCUT2D eigenvalue weighted by Gasteiger charge is -2.09. The Bertz CT molecular complexity index is 511. The predicted octanol–water partition coefficient (Wildman–Crippen LogP) is 4.64. The maximum atomic E-state index is 13.0. The predicted molar refractivity (Wildman–Crippen MR) is 79.1 cm³/mol. The molecule has 0 aliphatic carbocycles. The molecule has 0 atom stereocenters. The lowest BCUT2D eigenvalue weighted by molar-refractivity contribution is 0.627. The molecule has 2 rings (SSSR count). The highest BCUT2D eigenvalue weighted by molar-refractivity contribution is 14.1. The summed E-state index contributed by atoms with van der Waals surface area (Å²) >= 11 is 5.53. The van der Waals surface area contributed by atoms with Crippen molar-refractivity contribution in [2.24, 2.45) is 0 Å². The Morgan fingerprint density at radius 1 is 1.35 bits per heavy atom. The molecule has 2 nitrogen and oxygen atoms in total. The minimum atomic E-state index is -0.240. The fraction of sp³-hybridized carbons (Fsp3) is 0.0833. The van der Waals surface area contributed by atoms with Gasteiger partial charge in [0.25, 0.3) is 0 Å². The number of halogens is 3. The van der Waals surface area contributed by atoms with Crippen LogP contribution in [0.3, 0.4) is 0 Å². The van der Waals surface area contributed by atoms with Crippen LogP contribution in [0.2, 0.25) is 0 Å². The third-order valence-corrected chi connectivity index (χ3v) is 3.66. The van der Waals surface area contributed by atoms with E-state index in [0.29, 0.717) is 0 Å². The molecule has 17 heavy (non-hydrogen) atoms. The zero-order valence-electron chi connectivity index (χ0n) is 8.97. The number of nitrogens with one attached hydrogen (secondary N) is 1. The quantitative estimate of drug-likeness (QED) is 0.735. The van der Waals surface area contributed by atoms with E-state index in [1.807, 2.05) is 13.0 Å². The van der Waals surface area contributed by atoms with Gasteiger partial charge in [0.1, 0.15) is 11.6 Å². The van der Waals surface area contributed by atoms with Crippen LogP contribution in [0.1, 0.15) is 5.56 Å². The second-order valence-corrected chi connectivity index (χ2v) is 5.61. The molecule has 0 aliphatic heterocycles. The third kappa shape index (κ3) is 3.16. The van der Waals surface area contributed by atoms with Crippen molar-refractivity contribution in [3.8, 4) is 0 Å². The van der Waals surface area contributed by atoms with Crippen molar-refractivity contribution in [3.63, 3.8) is 0 Å². The van der Waals surface area contributed by atoms with E-state index in [9.17, 15) is 4.39 Å². The van der Waals surface area contributed by atoms with Crippen LogP contribution in [0.15, 0.2) is 34.9 Å². The molecule has 0 spiro atoms. The number of benzene rings is 1. The largest absolute Gasteiger partial charge is 0.338 e. The highest BCUT2D eigenvalue weighted by Crippen LogP contribution is 2.27. The number of pyridine rings is 1. The van der Waals surface area contributed by atoms with E-state index in [1.165, 1.54) is 12.1 Å². The molecule has 1 N–H and O–H groups in total. The van der Waals surface area contributed by atoms with Crippen molar-refractivity contribution in [2.45, 2.75) is 6.92 Å². The Balaban J connectivity index is 2.31. The van der Waals surface area contributed by atoms with Crippen LogP contribution in [0, 0.1) is 16.3 Å². The first-order valence-electron chi connectivity index (χ1n) is 4.90. The number of aryl methyl sites for hydroxylation is 1. The Morgan fingerprint density at radius 2 is 2.12 bits per heavy atom. The maximum Gasteiger partial charge on any atom is 0.144 e. The van der Waals surface area contributed by atoms with E-state index in [4.69, 9.17) is 0 Å². The highest BCUT2D eigenvalue weighted by atomic mass is 127. The molecule has 0 bridgehead atoms. The molecule has 0 aliphatic rings. The smallest absolute Gasteiger partial charge is 0.144 e. The summed E-state index contributed by atoms with van der Waals surface area (Å²) in [5, 5.41) is 3.16. The Morgan fingerprint density at radius 3 is 2.76 bits per heavy atom. The van der Waals surface area contributed by atoms with Gasteiger partial charge in [0.15, 0.2) is 0 Å². The number of nitrogens with zero attached hydrogens (tertiary/aromatic N) is 1. The molecule has 2 aromatic rings.